The Kier molecular flexibility index (Phi) is 4.58. The number of benzene rings is 1. The van der Waals surface area contributed by atoms with E-state index in [2.05, 4.69) is 79.7 Å². The predicted molar refractivity (Wildman–Crippen MR) is 116 cm³/mol. The quantitative estimate of drug-likeness (QED) is 0.657. The van der Waals surface area contributed by atoms with Crippen LogP contribution in [0.25, 0.3) is 0 Å². The van der Waals surface area contributed by atoms with Crippen molar-refractivity contribution in [3.05, 3.63) is 54.0 Å². The van der Waals surface area contributed by atoms with Crippen LogP contribution in [0.3, 0.4) is 0 Å². The Balaban J connectivity index is 1.34. The highest BCUT2D eigenvalue weighted by Gasteiger charge is 2.28. The molecule has 7 nitrogen and oxygen atoms in total. The number of aromatic amines is 1. The van der Waals surface area contributed by atoms with E-state index in [9.17, 15) is 0 Å². The minimum atomic E-state index is 0.348. The van der Waals surface area contributed by atoms with E-state index in [1.807, 2.05) is 6.07 Å². The standard InChI is InChI=1S/C22H27N7/c1-28(2)17-9-7-16(8-10-17)19-4-3-11-29(19)22-13-20(23-14-24-22)25-21-12-18(26-27-21)15-5-6-15/h7-10,12-15,19H,3-6,11H2,1-2H3,(H2,23,24,25,26,27). The monoisotopic (exact) mass is 389 g/mol. The van der Waals surface area contributed by atoms with Crippen LogP contribution in [0.4, 0.5) is 23.1 Å². The average molecular weight is 390 g/mol. The van der Waals surface area contributed by atoms with E-state index in [1.165, 1.54) is 29.8 Å². The SMILES string of the molecule is CN(C)c1ccc(C2CCCN2c2cc(Nc3cc(C4CC4)[nH]n3)ncn2)cc1. The van der Waals surface area contributed by atoms with E-state index in [-0.39, 0.29) is 0 Å². The van der Waals surface area contributed by atoms with Crippen LogP contribution in [0.2, 0.25) is 0 Å². The molecule has 29 heavy (non-hydrogen) atoms. The summed E-state index contributed by atoms with van der Waals surface area (Å²) in [6, 6.07) is 13.3. The van der Waals surface area contributed by atoms with Crippen LogP contribution < -0.4 is 15.1 Å². The van der Waals surface area contributed by atoms with Crippen LogP contribution in [-0.2, 0) is 0 Å². The van der Waals surface area contributed by atoms with Crippen LogP contribution in [-0.4, -0.2) is 40.8 Å². The number of hydrogen-bond acceptors (Lipinski definition) is 6. The molecule has 5 rings (SSSR count). The van der Waals surface area contributed by atoms with Crippen molar-refractivity contribution in [2.45, 2.75) is 37.6 Å². The zero-order chi connectivity index (χ0) is 19.8. The number of hydrogen-bond donors (Lipinski definition) is 2. The Morgan fingerprint density at radius 2 is 1.86 bits per heavy atom. The molecule has 3 aromatic rings. The maximum absolute atomic E-state index is 4.57. The number of aromatic nitrogens is 4. The molecular formula is C22H27N7. The van der Waals surface area contributed by atoms with Gasteiger partial charge in [0.1, 0.15) is 18.0 Å². The van der Waals surface area contributed by atoms with E-state index in [0.29, 0.717) is 12.0 Å². The van der Waals surface area contributed by atoms with Gasteiger partial charge >= 0.3 is 0 Å². The molecule has 1 aliphatic heterocycles. The molecule has 2 fully saturated rings. The third-order valence-electron chi connectivity index (χ3n) is 5.86. The van der Waals surface area contributed by atoms with Gasteiger partial charge in [-0.1, -0.05) is 12.1 Å². The Morgan fingerprint density at radius 1 is 1.03 bits per heavy atom. The molecule has 2 aliphatic rings. The number of nitrogens with one attached hydrogen (secondary N) is 2. The summed E-state index contributed by atoms with van der Waals surface area (Å²) in [6.07, 6.45) is 6.45. The van der Waals surface area contributed by atoms with E-state index in [1.54, 1.807) is 6.33 Å². The van der Waals surface area contributed by atoms with Gasteiger partial charge in [0.2, 0.25) is 0 Å². The molecule has 0 radical (unpaired) electrons. The van der Waals surface area contributed by atoms with Crippen molar-refractivity contribution in [3.63, 3.8) is 0 Å². The summed E-state index contributed by atoms with van der Waals surface area (Å²) in [5, 5.41) is 10.8. The third-order valence-corrected chi connectivity index (χ3v) is 5.86. The van der Waals surface area contributed by atoms with Gasteiger partial charge in [0.25, 0.3) is 0 Å². The molecule has 1 aliphatic carbocycles. The molecule has 0 spiro atoms. The van der Waals surface area contributed by atoms with Crippen LogP contribution in [0.15, 0.2) is 42.7 Å². The third kappa shape index (κ3) is 3.77. The van der Waals surface area contributed by atoms with Gasteiger partial charge in [-0.05, 0) is 43.4 Å². The molecule has 2 N–H and O–H groups in total. The molecule has 1 saturated carbocycles. The van der Waals surface area contributed by atoms with Gasteiger partial charge in [0, 0.05) is 50.1 Å². The van der Waals surface area contributed by atoms with Gasteiger partial charge in [-0.15, -0.1) is 0 Å². The maximum atomic E-state index is 4.57. The Bertz CT molecular complexity index is 975. The molecule has 0 amide bonds. The predicted octanol–water partition coefficient (Wildman–Crippen LogP) is 4.23. The molecule has 0 bridgehead atoms. The molecule has 1 aromatic carbocycles. The minimum Gasteiger partial charge on any atom is -0.378 e. The summed E-state index contributed by atoms with van der Waals surface area (Å²) < 4.78 is 0. The highest BCUT2D eigenvalue weighted by molar-refractivity contribution is 5.58. The molecule has 150 valence electrons. The molecule has 7 heteroatoms. The first-order chi connectivity index (χ1) is 14.2. The van der Waals surface area contributed by atoms with E-state index < -0.39 is 0 Å². The normalized spacial score (nSPS) is 18.8. The lowest BCUT2D eigenvalue weighted by Crippen LogP contribution is -2.23. The second-order valence-corrected chi connectivity index (χ2v) is 8.21. The Labute approximate surface area is 171 Å². The van der Waals surface area contributed by atoms with Gasteiger partial charge in [-0.2, -0.15) is 5.10 Å². The lowest BCUT2D eigenvalue weighted by molar-refractivity contribution is 0.710. The van der Waals surface area contributed by atoms with Crippen LogP contribution in [0, 0.1) is 0 Å². The Morgan fingerprint density at radius 3 is 2.62 bits per heavy atom. The lowest BCUT2D eigenvalue weighted by Gasteiger charge is -2.26. The summed E-state index contributed by atoms with van der Waals surface area (Å²) >= 11 is 0. The van der Waals surface area contributed by atoms with Crippen LogP contribution >= 0.6 is 0 Å². The number of anilines is 4. The molecular weight excluding hydrogens is 362 g/mol. The van der Waals surface area contributed by atoms with Gasteiger partial charge in [0.15, 0.2) is 5.82 Å². The summed E-state index contributed by atoms with van der Waals surface area (Å²) in [5.74, 6) is 3.20. The van der Waals surface area contributed by atoms with Crippen molar-refractivity contribution in [2.75, 3.05) is 35.8 Å². The second kappa shape index (κ2) is 7.39. The van der Waals surface area contributed by atoms with Gasteiger partial charge in [-0.25, -0.2) is 9.97 Å². The second-order valence-electron chi connectivity index (χ2n) is 8.21. The van der Waals surface area contributed by atoms with E-state index in [4.69, 9.17) is 0 Å². The molecule has 3 heterocycles. The molecule has 1 atom stereocenters. The first kappa shape index (κ1) is 18.0. The highest BCUT2D eigenvalue weighted by atomic mass is 15.3. The Hall–Kier alpha value is -3.09. The summed E-state index contributed by atoms with van der Waals surface area (Å²) in [6.45, 7) is 1.00. The number of rotatable bonds is 6. The topological polar surface area (TPSA) is 73.0 Å². The molecule has 2 aromatic heterocycles. The fourth-order valence-corrected chi connectivity index (χ4v) is 4.09. The van der Waals surface area contributed by atoms with E-state index >= 15 is 0 Å². The van der Waals surface area contributed by atoms with Crippen molar-refractivity contribution in [2.24, 2.45) is 0 Å². The smallest absolute Gasteiger partial charge is 0.153 e. The number of H-pyrrole nitrogens is 1. The maximum Gasteiger partial charge on any atom is 0.153 e. The number of nitrogens with zero attached hydrogens (tertiary/aromatic N) is 5. The fraction of sp³-hybridized carbons (Fsp3) is 0.409. The first-order valence-corrected chi connectivity index (χ1v) is 10.4. The first-order valence-electron chi connectivity index (χ1n) is 10.4. The van der Waals surface area contributed by atoms with Crippen molar-refractivity contribution < 1.29 is 0 Å². The van der Waals surface area contributed by atoms with Gasteiger partial charge < -0.3 is 15.1 Å². The average Bonchev–Trinajstić information content (AvgIpc) is 3.28. The van der Waals surface area contributed by atoms with Crippen molar-refractivity contribution in [3.8, 4) is 0 Å². The van der Waals surface area contributed by atoms with Crippen molar-refractivity contribution in [1.29, 1.82) is 0 Å². The van der Waals surface area contributed by atoms with E-state index in [0.717, 1.165) is 36.8 Å². The minimum absolute atomic E-state index is 0.348. The molecule has 1 unspecified atom stereocenters. The van der Waals surface area contributed by atoms with Gasteiger partial charge in [-0.3, -0.25) is 5.10 Å². The van der Waals surface area contributed by atoms with Crippen molar-refractivity contribution >= 4 is 23.1 Å². The fourth-order valence-electron chi connectivity index (χ4n) is 4.09. The summed E-state index contributed by atoms with van der Waals surface area (Å²) in [5.41, 5.74) is 3.77. The van der Waals surface area contributed by atoms with Crippen molar-refractivity contribution in [1.82, 2.24) is 20.2 Å². The largest absolute Gasteiger partial charge is 0.378 e. The summed E-state index contributed by atoms with van der Waals surface area (Å²) in [7, 11) is 4.14. The van der Waals surface area contributed by atoms with Crippen LogP contribution in [0.1, 0.15) is 48.9 Å². The lowest BCUT2D eigenvalue weighted by atomic mass is 10.0. The zero-order valence-corrected chi connectivity index (χ0v) is 17.0. The van der Waals surface area contributed by atoms with Crippen LogP contribution in [0.5, 0.6) is 0 Å². The zero-order valence-electron chi connectivity index (χ0n) is 17.0. The molecule has 1 saturated heterocycles. The van der Waals surface area contributed by atoms with Gasteiger partial charge in [0.05, 0.1) is 6.04 Å². The highest BCUT2D eigenvalue weighted by Crippen LogP contribution is 2.40. The summed E-state index contributed by atoms with van der Waals surface area (Å²) in [4.78, 5) is 13.5.